The first-order valence-corrected chi connectivity index (χ1v) is 10.3. The number of hydrogen-bond donors (Lipinski definition) is 1. The van der Waals surface area contributed by atoms with Gasteiger partial charge in [-0.1, -0.05) is 36.4 Å². The Balaban J connectivity index is 1.71. The van der Waals surface area contributed by atoms with E-state index in [0.29, 0.717) is 24.8 Å². The van der Waals surface area contributed by atoms with Crippen LogP contribution >= 0.6 is 11.3 Å². The van der Waals surface area contributed by atoms with E-state index in [0.717, 1.165) is 23.0 Å². The van der Waals surface area contributed by atoms with Gasteiger partial charge >= 0.3 is 0 Å². The molecule has 3 rings (SSSR count). The molecule has 0 atom stereocenters. The van der Waals surface area contributed by atoms with Crippen molar-refractivity contribution in [3.05, 3.63) is 82.6 Å². The molecule has 0 aliphatic heterocycles. The second-order valence-corrected chi connectivity index (χ2v) is 7.88. The molecule has 8 heteroatoms. The molecule has 0 bridgehead atoms. The molecule has 2 amide bonds. The first-order valence-electron chi connectivity index (χ1n) is 9.43. The van der Waals surface area contributed by atoms with E-state index in [1.54, 1.807) is 10.3 Å². The number of thiazole rings is 1. The molecular weight excluding hydrogens is 403 g/mol. The number of anilines is 1. The number of benzene rings is 2. The molecule has 6 nitrogen and oxygen atoms in total. The van der Waals surface area contributed by atoms with Gasteiger partial charge in [0.15, 0.2) is 5.13 Å². The monoisotopic (exact) mass is 426 g/mol. The lowest BCUT2D eigenvalue weighted by molar-refractivity contribution is 0.0726. The molecule has 0 saturated heterocycles. The number of nitrogens with zero attached hydrogens (tertiary/aromatic N) is 3. The molecule has 0 fully saturated rings. The third-order valence-electron chi connectivity index (χ3n) is 4.35. The third kappa shape index (κ3) is 5.95. The molecule has 0 saturated carbocycles. The molecule has 30 heavy (non-hydrogen) atoms. The maximum atomic E-state index is 13.3. The minimum absolute atomic E-state index is 0.190. The smallest absolute Gasteiger partial charge is 0.273 e. The van der Waals surface area contributed by atoms with E-state index in [1.165, 1.54) is 18.2 Å². The van der Waals surface area contributed by atoms with Crippen molar-refractivity contribution in [2.75, 3.05) is 32.5 Å². The number of nitrogens with one attached hydrogen (secondary N) is 1. The van der Waals surface area contributed by atoms with Crippen LogP contribution in [0.2, 0.25) is 0 Å². The SMILES string of the molecule is CN(C)CCN(Cc1ccccc1)C(=O)c1csc(NC(=O)c2cccc(F)c2)n1. The fourth-order valence-corrected chi connectivity index (χ4v) is 3.45. The zero-order chi connectivity index (χ0) is 21.5. The molecule has 156 valence electrons. The number of carbonyl (C=O) groups is 2. The molecule has 0 spiro atoms. The second-order valence-electron chi connectivity index (χ2n) is 7.02. The number of carbonyl (C=O) groups excluding carboxylic acids is 2. The van der Waals surface area contributed by atoms with E-state index in [1.807, 2.05) is 49.3 Å². The van der Waals surface area contributed by atoms with Crippen LogP contribution in [0.15, 0.2) is 60.0 Å². The number of halogens is 1. The van der Waals surface area contributed by atoms with Crippen molar-refractivity contribution in [1.29, 1.82) is 0 Å². The van der Waals surface area contributed by atoms with Crippen LogP contribution in [0.4, 0.5) is 9.52 Å². The molecule has 1 aromatic heterocycles. The van der Waals surface area contributed by atoms with E-state index < -0.39 is 11.7 Å². The lowest BCUT2D eigenvalue weighted by atomic mass is 10.2. The van der Waals surface area contributed by atoms with Gasteiger partial charge in [-0.3, -0.25) is 14.9 Å². The van der Waals surface area contributed by atoms with Gasteiger partial charge < -0.3 is 9.80 Å². The van der Waals surface area contributed by atoms with Crippen LogP contribution in [0.25, 0.3) is 0 Å². The summed E-state index contributed by atoms with van der Waals surface area (Å²) in [7, 11) is 3.90. The van der Waals surface area contributed by atoms with Crippen molar-refractivity contribution >= 4 is 28.3 Å². The Morgan fingerprint density at radius 2 is 1.83 bits per heavy atom. The van der Waals surface area contributed by atoms with Crippen LogP contribution < -0.4 is 5.32 Å². The molecule has 0 aliphatic carbocycles. The Kier molecular flexibility index (Phi) is 7.26. The van der Waals surface area contributed by atoms with Gasteiger partial charge in [-0.05, 0) is 37.9 Å². The predicted octanol–water partition coefficient (Wildman–Crippen LogP) is 3.74. The van der Waals surface area contributed by atoms with Crippen LogP contribution in [0, 0.1) is 5.82 Å². The Hall–Kier alpha value is -3.10. The summed E-state index contributed by atoms with van der Waals surface area (Å²) in [5.41, 5.74) is 1.48. The zero-order valence-corrected chi connectivity index (χ0v) is 17.7. The summed E-state index contributed by atoms with van der Waals surface area (Å²) in [5.74, 6) is -1.17. The van der Waals surface area contributed by atoms with E-state index in [9.17, 15) is 14.0 Å². The quantitative estimate of drug-likeness (QED) is 0.596. The highest BCUT2D eigenvalue weighted by atomic mass is 32.1. The van der Waals surface area contributed by atoms with Gasteiger partial charge in [0.1, 0.15) is 11.5 Å². The second kappa shape index (κ2) is 10.1. The van der Waals surface area contributed by atoms with E-state index in [-0.39, 0.29) is 17.2 Å². The van der Waals surface area contributed by atoms with Crippen molar-refractivity contribution in [3.63, 3.8) is 0 Å². The maximum absolute atomic E-state index is 13.3. The van der Waals surface area contributed by atoms with Crippen molar-refractivity contribution in [3.8, 4) is 0 Å². The molecule has 1 heterocycles. The molecule has 0 unspecified atom stereocenters. The van der Waals surface area contributed by atoms with Gasteiger partial charge in [-0.2, -0.15) is 0 Å². The van der Waals surface area contributed by atoms with Gasteiger partial charge in [0.25, 0.3) is 11.8 Å². The van der Waals surface area contributed by atoms with E-state index in [2.05, 4.69) is 10.3 Å². The van der Waals surface area contributed by atoms with Crippen molar-refractivity contribution in [1.82, 2.24) is 14.8 Å². The van der Waals surface area contributed by atoms with Gasteiger partial charge in [-0.25, -0.2) is 9.37 Å². The Morgan fingerprint density at radius 1 is 1.07 bits per heavy atom. The molecule has 0 aliphatic rings. The molecule has 3 aromatic rings. The first-order chi connectivity index (χ1) is 14.4. The van der Waals surface area contributed by atoms with Crippen LogP contribution in [0.5, 0.6) is 0 Å². The summed E-state index contributed by atoms with van der Waals surface area (Å²) in [6.45, 7) is 1.73. The van der Waals surface area contributed by atoms with Crippen LogP contribution in [0.3, 0.4) is 0 Å². The number of rotatable bonds is 8. The largest absolute Gasteiger partial charge is 0.332 e. The van der Waals surface area contributed by atoms with Crippen molar-refractivity contribution < 1.29 is 14.0 Å². The Labute approximate surface area is 179 Å². The molecular formula is C22H23FN4O2S. The predicted molar refractivity (Wildman–Crippen MR) is 116 cm³/mol. The lowest BCUT2D eigenvalue weighted by Crippen LogP contribution is -2.36. The highest BCUT2D eigenvalue weighted by Crippen LogP contribution is 2.19. The van der Waals surface area contributed by atoms with Crippen molar-refractivity contribution in [2.45, 2.75) is 6.54 Å². The van der Waals surface area contributed by atoms with Crippen LogP contribution in [0.1, 0.15) is 26.4 Å². The fourth-order valence-electron chi connectivity index (χ4n) is 2.77. The average Bonchev–Trinajstić information content (AvgIpc) is 3.19. The topological polar surface area (TPSA) is 65.5 Å². The maximum Gasteiger partial charge on any atom is 0.273 e. The summed E-state index contributed by atoms with van der Waals surface area (Å²) in [4.78, 5) is 33.4. The highest BCUT2D eigenvalue weighted by molar-refractivity contribution is 7.14. The Bertz CT molecular complexity index is 1010. The summed E-state index contributed by atoms with van der Waals surface area (Å²) in [6, 6.07) is 15.2. The Morgan fingerprint density at radius 3 is 2.53 bits per heavy atom. The molecule has 0 radical (unpaired) electrons. The standard InChI is InChI=1S/C22H23FN4O2S/c1-26(2)11-12-27(14-16-7-4-3-5-8-16)21(29)19-15-30-22(24-19)25-20(28)17-9-6-10-18(23)13-17/h3-10,13,15H,11-12,14H2,1-2H3,(H,24,25,28). The van der Waals surface area contributed by atoms with Gasteiger partial charge in [-0.15, -0.1) is 11.3 Å². The van der Waals surface area contributed by atoms with Gasteiger partial charge in [0, 0.05) is 30.6 Å². The minimum Gasteiger partial charge on any atom is -0.332 e. The number of likely N-dealkylation sites (N-methyl/N-ethyl adjacent to an activating group) is 1. The van der Waals surface area contributed by atoms with Crippen molar-refractivity contribution in [2.24, 2.45) is 0 Å². The summed E-state index contributed by atoms with van der Waals surface area (Å²) >= 11 is 1.16. The number of aromatic nitrogens is 1. The van der Waals surface area contributed by atoms with Gasteiger partial charge in [0.05, 0.1) is 0 Å². The molecule has 1 N–H and O–H groups in total. The summed E-state index contributed by atoms with van der Waals surface area (Å²) in [6.07, 6.45) is 0. The highest BCUT2D eigenvalue weighted by Gasteiger charge is 2.20. The van der Waals surface area contributed by atoms with E-state index in [4.69, 9.17) is 0 Å². The van der Waals surface area contributed by atoms with Crippen LogP contribution in [-0.4, -0.2) is 53.8 Å². The lowest BCUT2D eigenvalue weighted by Gasteiger charge is -2.24. The minimum atomic E-state index is -0.491. The zero-order valence-electron chi connectivity index (χ0n) is 16.8. The fraction of sp³-hybridized carbons (Fsp3) is 0.227. The third-order valence-corrected chi connectivity index (χ3v) is 5.11. The van der Waals surface area contributed by atoms with Crippen LogP contribution in [-0.2, 0) is 6.54 Å². The van der Waals surface area contributed by atoms with Gasteiger partial charge in [0.2, 0.25) is 0 Å². The number of amides is 2. The average molecular weight is 427 g/mol. The first kappa shape index (κ1) is 21.6. The normalized spacial score (nSPS) is 10.8. The van der Waals surface area contributed by atoms with E-state index >= 15 is 0 Å². The number of hydrogen-bond acceptors (Lipinski definition) is 5. The molecule has 2 aromatic carbocycles. The summed E-state index contributed by atoms with van der Waals surface area (Å²) in [5, 5.41) is 4.54. The summed E-state index contributed by atoms with van der Waals surface area (Å²) < 4.78 is 13.3.